The SMILES string of the molecule is CCC.CN(C)c1ncnc2c1ccn2SI. The zero-order valence-electron chi connectivity index (χ0n) is 10.5. The van der Waals surface area contributed by atoms with Crippen LogP contribution in [-0.2, 0) is 0 Å². The van der Waals surface area contributed by atoms with Crippen LogP contribution in [0.3, 0.4) is 0 Å². The van der Waals surface area contributed by atoms with Gasteiger partial charge < -0.3 is 4.90 Å². The molecular weight excluding hydrogens is 347 g/mol. The number of hydrogen-bond acceptors (Lipinski definition) is 4. The molecule has 0 saturated carbocycles. The third kappa shape index (κ3) is 3.48. The summed E-state index contributed by atoms with van der Waals surface area (Å²) in [4.78, 5) is 10.5. The van der Waals surface area contributed by atoms with Crippen molar-refractivity contribution < 1.29 is 0 Å². The molecule has 0 amide bonds. The molecule has 0 saturated heterocycles. The number of anilines is 1. The van der Waals surface area contributed by atoms with E-state index in [9.17, 15) is 0 Å². The highest BCUT2D eigenvalue weighted by Gasteiger charge is 2.08. The van der Waals surface area contributed by atoms with Crippen molar-refractivity contribution in [3.05, 3.63) is 18.6 Å². The minimum absolute atomic E-state index is 0.958. The van der Waals surface area contributed by atoms with Crippen molar-refractivity contribution in [3.63, 3.8) is 0 Å². The Labute approximate surface area is 119 Å². The molecule has 94 valence electrons. The van der Waals surface area contributed by atoms with E-state index < -0.39 is 0 Å². The van der Waals surface area contributed by atoms with Gasteiger partial charge in [-0.25, -0.2) is 9.97 Å². The second-order valence-electron chi connectivity index (χ2n) is 3.75. The first-order valence-corrected chi connectivity index (χ1v) is 8.75. The van der Waals surface area contributed by atoms with Crippen LogP contribution in [0.2, 0.25) is 0 Å². The maximum atomic E-state index is 4.25. The first-order chi connectivity index (χ1) is 8.15. The third-order valence-corrected chi connectivity index (χ3v) is 3.64. The molecule has 0 atom stereocenters. The molecule has 0 aliphatic rings. The van der Waals surface area contributed by atoms with Crippen LogP contribution in [0.5, 0.6) is 0 Å². The maximum Gasteiger partial charge on any atom is 0.156 e. The van der Waals surface area contributed by atoms with Crippen LogP contribution in [-0.4, -0.2) is 28.0 Å². The van der Waals surface area contributed by atoms with Gasteiger partial charge in [-0.15, -0.1) is 0 Å². The molecule has 6 heteroatoms. The third-order valence-electron chi connectivity index (χ3n) is 1.93. The van der Waals surface area contributed by atoms with E-state index in [0.717, 1.165) is 16.9 Å². The molecule has 0 unspecified atom stereocenters. The van der Waals surface area contributed by atoms with Gasteiger partial charge >= 0.3 is 0 Å². The van der Waals surface area contributed by atoms with E-state index in [0.29, 0.717) is 0 Å². The average molecular weight is 364 g/mol. The zero-order valence-corrected chi connectivity index (χ0v) is 13.5. The molecule has 17 heavy (non-hydrogen) atoms. The molecular formula is C11H17IN4S. The Balaban J connectivity index is 0.000000437. The lowest BCUT2D eigenvalue weighted by molar-refractivity contribution is 1.06. The van der Waals surface area contributed by atoms with Crippen LogP contribution >= 0.6 is 30.3 Å². The zero-order chi connectivity index (χ0) is 12.8. The van der Waals surface area contributed by atoms with Gasteiger partial charge in [0.25, 0.3) is 0 Å². The molecule has 2 heterocycles. The smallest absolute Gasteiger partial charge is 0.156 e. The summed E-state index contributed by atoms with van der Waals surface area (Å²) >= 11 is 2.23. The number of hydrogen-bond donors (Lipinski definition) is 0. The predicted octanol–water partition coefficient (Wildman–Crippen LogP) is 3.76. The van der Waals surface area contributed by atoms with Crippen molar-refractivity contribution in [3.8, 4) is 0 Å². The van der Waals surface area contributed by atoms with Crippen LogP contribution in [0.25, 0.3) is 11.0 Å². The largest absolute Gasteiger partial charge is 0.362 e. The molecule has 0 aromatic carbocycles. The van der Waals surface area contributed by atoms with Gasteiger partial charge in [0.15, 0.2) is 5.65 Å². The van der Waals surface area contributed by atoms with E-state index in [1.807, 2.05) is 35.2 Å². The van der Waals surface area contributed by atoms with Gasteiger partial charge in [-0.1, -0.05) is 20.3 Å². The van der Waals surface area contributed by atoms with E-state index in [2.05, 4.69) is 45.0 Å². The van der Waals surface area contributed by atoms with Crippen molar-refractivity contribution >= 4 is 47.2 Å². The second kappa shape index (κ2) is 7.05. The van der Waals surface area contributed by atoms with Gasteiger partial charge in [-0.3, -0.25) is 3.97 Å². The van der Waals surface area contributed by atoms with Gasteiger partial charge in [0.1, 0.15) is 12.1 Å². The van der Waals surface area contributed by atoms with Crippen LogP contribution in [0, 0.1) is 0 Å². The van der Waals surface area contributed by atoms with E-state index in [4.69, 9.17) is 0 Å². The fourth-order valence-electron chi connectivity index (χ4n) is 1.33. The summed E-state index contributed by atoms with van der Waals surface area (Å²) in [5, 5.41) is 1.08. The van der Waals surface area contributed by atoms with Gasteiger partial charge in [-0.05, 0) is 6.07 Å². The van der Waals surface area contributed by atoms with Crippen LogP contribution in [0.4, 0.5) is 5.82 Å². The molecule has 2 rings (SSSR count). The summed E-state index contributed by atoms with van der Waals surface area (Å²) in [7, 11) is 5.57. The monoisotopic (exact) mass is 364 g/mol. The Morgan fingerprint density at radius 2 is 2.00 bits per heavy atom. The summed E-state index contributed by atoms with van der Waals surface area (Å²) in [6.45, 7) is 4.25. The first kappa shape index (κ1) is 14.6. The highest BCUT2D eigenvalue weighted by Crippen LogP contribution is 2.27. The highest BCUT2D eigenvalue weighted by atomic mass is 127. The van der Waals surface area contributed by atoms with E-state index >= 15 is 0 Å². The number of halogens is 1. The Hall–Kier alpha value is -0.500. The molecule has 0 spiro atoms. The maximum absolute atomic E-state index is 4.25. The number of nitrogens with zero attached hydrogens (tertiary/aromatic N) is 4. The van der Waals surface area contributed by atoms with Crippen molar-refractivity contribution in [1.29, 1.82) is 0 Å². The van der Waals surface area contributed by atoms with Crippen LogP contribution in [0.15, 0.2) is 18.6 Å². The average Bonchev–Trinajstić information content (AvgIpc) is 2.72. The molecule has 2 aromatic rings. The van der Waals surface area contributed by atoms with E-state index in [-0.39, 0.29) is 0 Å². The fourth-order valence-corrected chi connectivity index (χ4v) is 2.60. The second-order valence-corrected chi connectivity index (χ2v) is 5.46. The Morgan fingerprint density at radius 3 is 2.53 bits per heavy atom. The molecule has 0 radical (unpaired) electrons. The standard InChI is InChI=1S/C8H9IN4S.C3H8/c1-12(2)7-6-3-4-13(14-9)8(6)11-5-10-7;1-3-2/h3-5H,1-2H3;3H2,1-2H3. The van der Waals surface area contributed by atoms with Crippen molar-refractivity contribution in [2.24, 2.45) is 0 Å². The summed E-state index contributed by atoms with van der Waals surface area (Å²) in [5.41, 5.74) is 0.961. The number of aromatic nitrogens is 3. The summed E-state index contributed by atoms with van der Waals surface area (Å²) < 4.78 is 2.02. The Kier molecular flexibility index (Phi) is 6.04. The van der Waals surface area contributed by atoms with Crippen molar-refractivity contribution in [2.45, 2.75) is 20.3 Å². The minimum atomic E-state index is 0.958. The van der Waals surface area contributed by atoms with Gasteiger partial charge in [-0.2, -0.15) is 0 Å². The summed E-state index contributed by atoms with van der Waals surface area (Å²) in [5.74, 6) is 0.958. The lowest BCUT2D eigenvalue weighted by Gasteiger charge is -2.11. The molecule has 0 aliphatic carbocycles. The van der Waals surface area contributed by atoms with Crippen molar-refractivity contribution in [2.75, 3.05) is 19.0 Å². The predicted molar refractivity (Wildman–Crippen MR) is 84.8 cm³/mol. The number of fused-ring (bicyclic) bond motifs is 1. The first-order valence-electron chi connectivity index (χ1n) is 5.44. The molecule has 2 aromatic heterocycles. The van der Waals surface area contributed by atoms with Gasteiger partial charge in [0, 0.05) is 50.6 Å². The van der Waals surface area contributed by atoms with E-state index in [1.165, 1.54) is 6.42 Å². The lowest BCUT2D eigenvalue weighted by Crippen LogP contribution is -2.11. The topological polar surface area (TPSA) is 34.0 Å². The van der Waals surface area contributed by atoms with Gasteiger partial charge in [0.2, 0.25) is 0 Å². The van der Waals surface area contributed by atoms with Crippen LogP contribution < -0.4 is 4.90 Å². The molecule has 0 fully saturated rings. The normalized spacial score (nSPS) is 9.94. The van der Waals surface area contributed by atoms with Crippen LogP contribution in [0.1, 0.15) is 20.3 Å². The molecule has 0 N–H and O–H groups in total. The Bertz CT molecular complexity index is 469. The van der Waals surface area contributed by atoms with Gasteiger partial charge in [0.05, 0.1) is 5.39 Å². The summed E-state index contributed by atoms with van der Waals surface area (Å²) in [6, 6.07) is 2.04. The van der Waals surface area contributed by atoms with E-state index in [1.54, 1.807) is 15.4 Å². The lowest BCUT2D eigenvalue weighted by atomic mass is 10.3. The summed E-state index contributed by atoms with van der Waals surface area (Å²) in [6.07, 6.45) is 4.85. The molecule has 0 bridgehead atoms. The Morgan fingerprint density at radius 1 is 1.35 bits per heavy atom. The van der Waals surface area contributed by atoms with Crippen molar-refractivity contribution in [1.82, 2.24) is 13.9 Å². The molecule has 0 aliphatic heterocycles. The quantitative estimate of drug-likeness (QED) is 0.760. The number of rotatable bonds is 2. The highest BCUT2D eigenvalue weighted by molar-refractivity contribution is 14.2. The minimum Gasteiger partial charge on any atom is -0.362 e. The fraction of sp³-hybridized carbons (Fsp3) is 0.455. The molecule has 4 nitrogen and oxygen atoms in total.